The van der Waals surface area contributed by atoms with Crippen LogP contribution in [0.1, 0.15) is 76.2 Å². The molecular weight excluding hydrogens is 311 g/mol. The van der Waals surface area contributed by atoms with Crippen LogP contribution in [0.25, 0.3) is 0 Å². The van der Waals surface area contributed by atoms with Gasteiger partial charge in [0.1, 0.15) is 5.82 Å². The van der Waals surface area contributed by atoms with Crippen LogP contribution in [0.5, 0.6) is 0 Å². The van der Waals surface area contributed by atoms with E-state index < -0.39 is 0 Å². The summed E-state index contributed by atoms with van der Waals surface area (Å²) < 4.78 is 13.1. The van der Waals surface area contributed by atoms with Crippen molar-refractivity contribution in [2.75, 3.05) is 0 Å². The van der Waals surface area contributed by atoms with E-state index in [1.54, 1.807) is 43.1 Å². The van der Waals surface area contributed by atoms with E-state index in [9.17, 15) is 4.39 Å². The minimum atomic E-state index is -0.108. The van der Waals surface area contributed by atoms with Gasteiger partial charge in [0.2, 0.25) is 0 Å². The second kappa shape index (κ2) is 9.17. The Labute approximate surface area is 149 Å². The lowest BCUT2D eigenvalue weighted by atomic mass is 9.76. The van der Waals surface area contributed by atoms with Crippen molar-refractivity contribution < 1.29 is 4.39 Å². The molecule has 1 aromatic rings. The molecule has 0 amide bonds. The van der Waals surface area contributed by atoms with Crippen LogP contribution in [0.3, 0.4) is 0 Å². The molecule has 24 heavy (non-hydrogen) atoms. The van der Waals surface area contributed by atoms with E-state index >= 15 is 0 Å². The zero-order chi connectivity index (χ0) is 16.8. The molecule has 0 spiro atoms. The number of rotatable bonds is 6. The van der Waals surface area contributed by atoms with Gasteiger partial charge in [-0.15, -0.1) is 0 Å². The molecule has 1 aromatic carbocycles. The van der Waals surface area contributed by atoms with Crippen molar-refractivity contribution in [1.82, 2.24) is 0 Å². The Bertz CT molecular complexity index is 467. The van der Waals surface area contributed by atoms with E-state index in [0.29, 0.717) is 5.92 Å². The molecule has 0 atom stereocenters. The van der Waals surface area contributed by atoms with Crippen molar-refractivity contribution in [3.8, 4) is 0 Å². The number of hydrogen-bond donors (Lipinski definition) is 0. The summed E-state index contributed by atoms with van der Waals surface area (Å²) >= 11 is 0. The second-order valence-electron chi connectivity index (χ2n) is 8.29. The van der Waals surface area contributed by atoms with Gasteiger partial charge in [0.25, 0.3) is 0 Å². The molecule has 1 saturated heterocycles. The van der Waals surface area contributed by atoms with E-state index in [2.05, 4.69) is 6.92 Å². The average Bonchev–Trinajstić information content (AvgIpc) is 2.63. The van der Waals surface area contributed by atoms with Gasteiger partial charge in [-0.2, -0.15) is 0 Å². The summed E-state index contributed by atoms with van der Waals surface area (Å²) in [5.41, 5.74) is 1.35. The monoisotopic (exact) mass is 345 g/mol. The molecule has 1 aliphatic carbocycles. The highest BCUT2D eigenvalue weighted by Crippen LogP contribution is 2.39. The molecule has 1 radical (unpaired) electrons. The van der Waals surface area contributed by atoms with Gasteiger partial charge in [0.15, 0.2) is 0 Å². The van der Waals surface area contributed by atoms with Crippen molar-refractivity contribution in [3.05, 3.63) is 35.6 Å². The van der Waals surface area contributed by atoms with Gasteiger partial charge in [0, 0.05) is 8.80 Å². The van der Waals surface area contributed by atoms with Gasteiger partial charge in [-0.3, -0.25) is 0 Å². The van der Waals surface area contributed by atoms with Crippen LogP contribution in [0.2, 0.25) is 18.1 Å². The third-order valence-corrected chi connectivity index (χ3v) is 9.79. The lowest BCUT2D eigenvalue weighted by Gasteiger charge is -2.31. The molecule has 133 valence electrons. The summed E-state index contributed by atoms with van der Waals surface area (Å²) in [5.74, 6) is 2.58. The molecular formula is C22H34FSi. The summed E-state index contributed by atoms with van der Waals surface area (Å²) in [6, 6.07) is 12.0. The summed E-state index contributed by atoms with van der Waals surface area (Å²) in [4.78, 5) is 0. The highest BCUT2D eigenvalue weighted by Gasteiger charge is 2.25. The third kappa shape index (κ3) is 5.18. The molecule has 2 aliphatic rings. The molecule has 1 heterocycles. The molecule has 2 heteroatoms. The fraction of sp³-hybridized carbons (Fsp3) is 0.727. The van der Waals surface area contributed by atoms with Crippen molar-refractivity contribution in [3.63, 3.8) is 0 Å². The molecule has 0 nitrogen and oxygen atoms in total. The van der Waals surface area contributed by atoms with Crippen molar-refractivity contribution >= 4 is 8.80 Å². The smallest absolute Gasteiger partial charge is 0.123 e. The lowest BCUT2D eigenvalue weighted by molar-refractivity contribution is 0.280. The van der Waals surface area contributed by atoms with Crippen LogP contribution in [-0.2, 0) is 0 Å². The molecule has 0 bridgehead atoms. The zero-order valence-electron chi connectivity index (χ0n) is 15.4. The predicted octanol–water partition coefficient (Wildman–Crippen LogP) is 7.19. The third-order valence-electron chi connectivity index (χ3n) is 6.59. The highest BCUT2D eigenvalue weighted by molar-refractivity contribution is 6.58. The van der Waals surface area contributed by atoms with Gasteiger partial charge in [-0.1, -0.05) is 69.3 Å². The number of benzene rings is 1. The van der Waals surface area contributed by atoms with Gasteiger partial charge < -0.3 is 0 Å². The van der Waals surface area contributed by atoms with Crippen LogP contribution in [0.15, 0.2) is 24.3 Å². The molecule has 0 aromatic heterocycles. The van der Waals surface area contributed by atoms with Crippen molar-refractivity contribution in [2.45, 2.75) is 88.8 Å². The fourth-order valence-corrected chi connectivity index (χ4v) is 8.06. The van der Waals surface area contributed by atoms with Crippen LogP contribution in [0, 0.1) is 17.7 Å². The highest BCUT2D eigenvalue weighted by atomic mass is 28.3. The summed E-state index contributed by atoms with van der Waals surface area (Å²) in [5, 5.41) is 0. The zero-order valence-corrected chi connectivity index (χ0v) is 16.4. The van der Waals surface area contributed by atoms with Crippen molar-refractivity contribution in [2.24, 2.45) is 11.8 Å². The Morgan fingerprint density at radius 3 is 2.04 bits per heavy atom. The first kappa shape index (κ1) is 18.2. The molecule has 1 saturated carbocycles. The minimum Gasteiger partial charge on any atom is -0.207 e. The number of hydrogen-bond acceptors (Lipinski definition) is 0. The summed E-state index contributed by atoms with van der Waals surface area (Å²) in [7, 11) is 0.0590. The first-order chi connectivity index (χ1) is 11.7. The Balaban J connectivity index is 1.35. The first-order valence-electron chi connectivity index (χ1n) is 10.3. The molecule has 0 unspecified atom stereocenters. The minimum absolute atomic E-state index is 0.0590. The molecule has 2 fully saturated rings. The van der Waals surface area contributed by atoms with Crippen LogP contribution in [0.4, 0.5) is 4.39 Å². The maximum atomic E-state index is 13.1. The SMILES string of the molecule is CCC[Si]1CCC(CCC2CCC(c3ccc(F)cc3)CC2)CC1. The van der Waals surface area contributed by atoms with Crippen molar-refractivity contribution in [1.29, 1.82) is 0 Å². The normalized spacial score (nSPS) is 26.6. The Hall–Kier alpha value is -0.633. The van der Waals surface area contributed by atoms with Gasteiger partial charge >= 0.3 is 0 Å². The van der Waals surface area contributed by atoms with Gasteiger partial charge in [-0.25, -0.2) is 4.39 Å². The van der Waals surface area contributed by atoms with E-state index in [4.69, 9.17) is 0 Å². The van der Waals surface area contributed by atoms with Crippen LogP contribution < -0.4 is 0 Å². The average molecular weight is 346 g/mol. The molecule has 1 aliphatic heterocycles. The molecule has 3 rings (SSSR count). The van der Waals surface area contributed by atoms with Crippen LogP contribution >= 0.6 is 0 Å². The van der Waals surface area contributed by atoms with Gasteiger partial charge in [-0.05, 0) is 61.1 Å². The Morgan fingerprint density at radius 2 is 1.46 bits per heavy atom. The molecule has 0 N–H and O–H groups in total. The topological polar surface area (TPSA) is 0 Å². The maximum absolute atomic E-state index is 13.1. The second-order valence-corrected chi connectivity index (χ2v) is 11.3. The lowest BCUT2D eigenvalue weighted by Crippen LogP contribution is -2.22. The summed E-state index contributed by atoms with van der Waals surface area (Å²) in [6.07, 6.45) is 12.9. The summed E-state index contributed by atoms with van der Waals surface area (Å²) in [6.45, 7) is 2.35. The van der Waals surface area contributed by atoms with E-state index in [1.165, 1.54) is 50.5 Å². The largest absolute Gasteiger partial charge is 0.207 e. The predicted molar refractivity (Wildman–Crippen MR) is 104 cm³/mol. The number of halogens is 1. The Kier molecular flexibility index (Phi) is 6.94. The fourth-order valence-electron chi connectivity index (χ4n) is 4.97. The van der Waals surface area contributed by atoms with Crippen LogP contribution in [-0.4, -0.2) is 8.80 Å². The Morgan fingerprint density at radius 1 is 0.875 bits per heavy atom. The van der Waals surface area contributed by atoms with E-state index in [0.717, 1.165) is 11.8 Å². The van der Waals surface area contributed by atoms with E-state index in [1.807, 2.05) is 12.1 Å². The quantitative estimate of drug-likeness (QED) is 0.478. The van der Waals surface area contributed by atoms with Gasteiger partial charge in [0.05, 0.1) is 0 Å². The standard InChI is InChI=1S/C22H34FSi/c1-2-15-24-16-13-19(14-17-24)4-3-18-5-7-20(8-6-18)21-9-11-22(23)12-10-21/h9-12,18-20H,2-8,13-17H2,1H3. The first-order valence-corrected chi connectivity index (χ1v) is 12.5. The maximum Gasteiger partial charge on any atom is 0.123 e. The van der Waals surface area contributed by atoms with E-state index in [-0.39, 0.29) is 14.6 Å².